The lowest BCUT2D eigenvalue weighted by molar-refractivity contribution is 0.106. The lowest BCUT2D eigenvalue weighted by atomic mass is 9.84. The molecular weight excluding hydrogens is 304 g/mol. The van der Waals surface area contributed by atoms with Crippen LogP contribution in [0.4, 0.5) is 0 Å². The highest BCUT2D eigenvalue weighted by Crippen LogP contribution is 2.35. The Morgan fingerprint density at radius 3 is 2.35 bits per heavy atom. The molecule has 0 bridgehead atoms. The Hall–Kier alpha value is -1.57. The third-order valence-corrected chi connectivity index (χ3v) is 4.85. The first kappa shape index (κ1) is 16.3. The summed E-state index contributed by atoms with van der Waals surface area (Å²) in [5.74, 6) is 0.626. The Kier molecular flexibility index (Phi) is 5.90. The Morgan fingerprint density at radius 1 is 0.957 bits per heavy atom. The Labute approximate surface area is 143 Å². The van der Waals surface area contributed by atoms with Gasteiger partial charge in [-0.1, -0.05) is 66.7 Å². The maximum absolute atomic E-state index is 6.61. The number of allylic oxidation sites excluding steroid dienone is 2. The summed E-state index contributed by atoms with van der Waals surface area (Å²) in [6, 6.07) is 20.8. The molecule has 2 aromatic carbocycles. The van der Waals surface area contributed by atoms with Crippen LogP contribution in [0, 0.1) is 5.92 Å². The highest BCUT2D eigenvalue weighted by atomic mass is 35.5. The number of alkyl halides is 1. The van der Waals surface area contributed by atoms with E-state index < -0.39 is 0 Å². The van der Waals surface area contributed by atoms with Crippen molar-refractivity contribution in [2.75, 3.05) is 6.61 Å². The summed E-state index contributed by atoms with van der Waals surface area (Å²) in [5.41, 5.74) is 3.78. The van der Waals surface area contributed by atoms with Crippen molar-refractivity contribution in [1.29, 1.82) is 0 Å². The van der Waals surface area contributed by atoms with E-state index in [1.54, 1.807) is 0 Å². The summed E-state index contributed by atoms with van der Waals surface area (Å²) in [7, 11) is 0. The lowest BCUT2D eigenvalue weighted by Crippen LogP contribution is -2.17. The topological polar surface area (TPSA) is 9.23 Å². The first-order chi connectivity index (χ1) is 11.3. The van der Waals surface area contributed by atoms with Crippen LogP contribution in [0.1, 0.15) is 30.4 Å². The average molecular weight is 327 g/mol. The molecule has 0 radical (unpaired) electrons. The van der Waals surface area contributed by atoms with Crippen LogP contribution in [0.15, 0.2) is 66.7 Å². The van der Waals surface area contributed by atoms with Crippen molar-refractivity contribution in [2.45, 2.75) is 31.2 Å². The van der Waals surface area contributed by atoms with Crippen molar-refractivity contribution < 1.29 is 4.74 Å². The van der Waals surface area contributed by atoms with Crippen LogP contribution >= 0.6 is 11.6 Å². The zero-order valence-corrected chi connectivity index (χ0v) is 14.1. The smallest absolute Gasteiger partial charge is 0.0716 e. The van der Waals surface area contributed by atoms with E-state index in [-0.39, 0.29) is 5.38 Å². The molecular formula is C21H23ClO. The Balaban J connectivity index is 1.45. The van der Waals surface area contributed by atoms with Gasteiger partial charge in [0.2, 0.25) is 0 Å². The minimum absolute atomic E-state index is 0.116. The minimum Gasteiger partial charge on any atom is -0.377 e. The van der Waals surface area contributed by atoms with Crippen LogP contribution in [-0.2, 0) is 11.3 Å². The van der Waals surface area contributed by atoms with Gasteiger partial charge in [0.25, 0.3) is 0 Å². The molecule has 0 N–H and O–H groups in total. The molecule has 1 aliphatic rings. The normalized spacial score (nSPS) is 21.0. The Bertz CT molecular complexity index is 621. The standard InChI is InChI=1S/C21H23ClO/c22-21-15-17(11-12-20(21)19-9-5-2-6-10-19)13-14-23-16-18-7-3-1-4-8-18/h1-10,12,17,21H,11,13-16H2. The van der Waals surface area contributed by atoms with E-state index in [0.29, 0.717) is 12.5 Å². The molecule has 2 heteroatoms. The van der Waals surface area contributed by atoms with Crippen LogP contribution in [0.5, 0.6) is 0 Å². The number of hydrogen-bond donors (Lipinski definition) is 0. The van der Waals surface area contributed by atoms with E-state index in [4.69, 9.17) is 16.3 Å². The van der Waals surface area contributed by atoms with Gasteiger partial charge in [0.15, 0.2) is 0 Å². The zero-order chi connectivity index (χ0) is 15.9. The van der Waals surface area contributed by atoms with Gasteiger partial charge in [0, 0.05) is 6.61 Å². The largest absolute Gasteiger partial charge is 0.377 e. The average Bonchev–Trinajstić information content (AvgIpc) is 2.60. The van der Waals surface area contributed by atoms with E-state index in [2.05, 4.69) is 42.5 Å². The molecule has 2 atom stereocenters. The number of halogens is 1. The summed E-state index contributed by atoms with van der Waals surface area (Å²) < 4.78 is 5.81. The fraction of sp³-hybridized carbons (Fsp3) is 0.333. The molecule has 0 saturated heterocycles. The van der Waals surface area contributed by atoms with Crippen LogP contribution < -0.4 is 0 Å². The molecule has 0 aliphatic heterocycles. The van der Waals surface area contributed by atoms with Gasteiger partial charge in [-0.15, -0.1) is 11.6 Å². The molecule has 0 amide bonds. The quantitative estimate of drug-likeness (QED) is 0.489. The van der Waals surface area contributed by atoms with Crippen molar-refractivity contribution in [3.63, 3.8) is 0 Å². The summed E-state index contributed by atoms with van der Waals surface area (Å²) in [5, 5.41) is 0.116. The van der Waals surface area contributed by atoms with E-state index in [0.717, 1.165) is 25.9 Å². The van der Waals surface area contributed by atoms with Gasteiger partial charge in [-0.3, -0.25) is 0 Å². The van der Waals surface area contributed by atoms with E-state index in [1.807, 2.05) is 24.3 Å². The van der Waals surface area contributed by atoms with Crippen molar-refractivity contribution in [2.24, 2.45) is 5.92 Å². The first-order valence-corrected chi connectivity index (χ1v) is 8.78. The highest BCUT2D eigenvalue weighted by molar-refractivity contribution is 6.26. The second kappa shape index (κ2) is 8.33. The monoisotopic (exact) mass is 326 g/mol. The van der Waals surface area contributed by atoms with E-state index in [9.17, 15) is 0 Å². The van der Waals surface area contributed by atoms with Crippen molar-refractivity contribution in [3.8, 4) is 0 Å². The molecule has 0 heterocycles. The second-order valence-corrected chi connectivity index (χ2v) is 6.68. The summed E-state index contributed by atoms with van der Waals surface area (Å²) >= 11 is 6.61. The second-order valence-electron chi connectivity index (χ2n) is 6.16. The van der Waals surface area contributed by atoms with Crippen molar-refractivity contribution >= 4 is 17.2 Å². The third-order valence-electron chi connectivity index (χ3n) is 4.44. The van der Waals surface area contributed by atoms with Gasteiger partial charge in [0.1, 0.15) is 0 Å². The summed E-state index contributed by atoms with van der Waals surface area (Å²) in [4.78, 5) is 0. The van der Waals surface area contributed by atoms with Crippen LogP contribution in [0.3, 0.4) is 0 Å². The summed E-state index contributed by atoms with van der Waals surface area (Å²) in [6.45, 7) is 1.50. The fourth-order valence-corrected chi connectivity index (χ4v) is 3.58. The molecule has 0 spiro atoms. The SMILES string of the molecule is ClC1CC(CCOCc2ccccc2)CC=C1c1ccccc1. The van der Waals surface area contributed by atoms with Gasteiger partial charge in [0.05, 0.1) is 12.0 Å². The molecule has 2 unspecified atom stereocenters. The van der Waals surface area contributed by atoms with Gasteiger partial charge >= 0.3 is 0 Å². The Morgan fingerprint density at radius 2 is 1.65 bits per heavy atom. The predicted octanol–water partition coefficient (Wildman–Crippen LogP) is 5.69. The van der Waals surface area contributed by atoms with E-state index >= 15 is 0 Å². The molecule has 1 aliphatic carbocycles. The van der Waals surface area contributed by atoms with Crippen molar-refractivity contribution in [1.82, 2.24) is 0 Å². The molecule has 23 heavy (non-hydrogen) atoms. The van der Waals surface area contributed by atoms with Gasteiger partial charge in [-0.05, 0) is 41.9 Å². The highest BCUT2D eigenvalue weighted by Gasteiger charge is 2.23. The maximum atomic E-state index is 6.61. The van der Waals surface area contributed by atoms with Gasteiger partial charge in [-0.25, -0.2) is 0 Å². The zero-order valence-electron chi connectivity index (χ0n) is 13.3. The van der Waals surface area contributed by atoms with Crippen LogP contribution in [0.2, 0.25) is 0 Å². The van der Waals surface area contributed by atoms with Crippen LogP contribution in [0.25, 0.3) is 5.57 Å². The lowest BCUT2D eigenvalue weighted by Gasteiger charge is -2.26. The number of ether oxygens (including phenoxy) is 1. The molecule has 2 aromatic rings. The molecule has 1 nitrogen and oxygen atoms in total. The fourth-order valence-electron chi connectivity index (χ4n) is 3.12. The number of rotatable bonds is 6. The minimum atomic E-state index is 0.116. The maximum Gasteiger partial charge on any atom is 0.0716 e. The molecule has 3 rings (SSSR count). The predicted molar refractivity (Wildman–Crippen MR) is 97.5 cm³/mol. The van der Waals surface area contributed by atoms with E-state index in [1.165, 1.54) is 16.7 Å². The molecule has 0 aromatic heterocycles. The molecule has 0 fully saturated rings. The number of benzene rings is 2. The van der Waals surface area contributed by atoms with Gasteiger partial charge < -0.3 is 4.74 Å². The van der Waals surface area contributed by atoms with Gasteiger partial charge in [-0.2, -0.15) is 0 Å². The van der Waals surface area contributed by atoms with Crippen LogP contribution in [-0.4, -0.2) is 12.0 Å². The first-order valence-electron chi connectivity index (χ1n) is 8.34. The third kappa shape index (κ3) is 4.70. The van der Waals surface area contributed by atoms with Crippen molar-refractivity contribution in [3.05, 3.63) is 77.9 Å². The summed E-state index contributed by atoms with van der Waals surface area (Å²) in [6.07, 6.45) is 5.53. The molecule has 120 valence electrons. The molecule has 0 saturated carbocycles. The number of hydrogen-bond acceptors (Lipinski definition) is 1.